The summed E-state index contributed by atoms with van der Waals surface area (Å²) in [6.07, 6.45) is 0. The van der Waals surface area contributed by atoms with Gasteiger partial charge in [-0.05, 0) is 48.9 Å². The van der Waals surface area contributed by atoms with Crippen LogP contribution in [-0.4, -0.2) is 5.91 Å². The van der Waals surface area contributed by atoms with Crippen LogP contribution in [0.3, 0.4) is 0 Å². The molecule has 2 rings (SSSR count). The molecule has 0 atom stereocenters. The lowest BCUT2D eigenvalue weighted by molar-refractivity contribution is 0.102. The van der Waals surface area contributed by atoms with Crippen LogP contribution in [0.2, 0.25) is 5.02 Å². The SMILES string of the molecule is Cc1cc(Cl)ccc1C(=O)Nc1ccc(N)cc1F. The summed E-state index contributed by atoms with van der Waals surface area (Å²) in [5, 5.41) is 3.05. The molecule has 0 aliphatic rings. The molecule has 0 heterocycles. The van der Waals surface area contributed by atoms with Crippen molar-refractivity contribution >= 4 is 28.9 Å². The Morgan fingerprint density at radius 1 is 1.26 bits per heavy atom. The summed E-state index contributed by atoms with van der Waals surface area (Å²) in [5.41, 5.74) is 7.01. The molecule has 0 saturated carbocycles. The van der Waals surface area contributed by atoms with Gasteiger partial charge in [0.25, 0.3) is 5.91 Å². The van der Waals surface area contributed by atoms with E-state index in [1.165, 1.54) is 12.1 Å². The molecular weight excluding hydrogens is 267 g/mol. The second-order valence-corrected chi connectivity index (χ2v) is 4.59. The summed E-state index contributed by atoms with van der Waals surface area (Å²) in [6, 6.07) is 8.99. The molecule has 0 unspecified atom stereocenters. The highest BCUT2D eigenvalue weighted by molar-refractivity contribution is 6.30. The first-order valence-electron chi connectivity index (χ1n) is 5.60. The summed E-state index contributed by atoms with van der Waals surface area (Å²) in [4.78, 5) is 12.0. The monoisotopic (exact) mass is 278 g/mol. The van der Waals surface area contributed by atoms with Gasteiger partial charge in [-0.25, -0.2) is 4.39 Å². The summed E-state index contributed by atoms with van der Waals surface area (Å²) in [5.74, 6) is -0.960. The van der Waals surface area contributed by atoms with Crippen molar-refractivity contribution in [1.82, 2.24) is 0 Å². The second-order valence-electron chi connectivity index (χ2n) is 4.15. The molecule has 19 heavy (non-hydrogen) atoms. The summed E-state index contributed by atoms with van der Waals surface area (Å²) >= 11 is 5.82. The van der Waals surface area contributed by atoms with E-state index >= 15 is 0 Å². The van der Waals surface area contributed by atoms with Crippen molar-refractivity contribution in [3.8, 4) is 0 Å². The van der Waals surface area contributed by atoms with Gasteiger partial charge in [0.2, 0.25) is 0 Å². The van der Waals surface area contributed by atoms with Gasteiger partial charge < -0.3 is 11.1 Å². The van der Waals surface area contributed by atoms with Crippen LogP contribution in [0.15, 0.2) is 36.4 Å². The van der Waals surface area contributed by atoms with E-state index in [2.05, 4.69) is 5.32 Å². The average Bonchev–Trinajstić information content (AvgIpc) is 2.32. The number of nitrogen functional groups attached to an aromatic ring is 1. The van der Waals surface area contributed by atoms with Crippen molar-refractivity contribution in [2.75, 3.05) is 11.1 Å². The molecule has 0 saturated heterocycles. The Hall–Kier alpha value is -2.07. The van der Waals surface area contributed by atoms with Crippen LogP contribution in [0.5, 0.6) is 0 Å². The first-order valence-corrected chi connectivity index (χ1v) is 5.97. The number of carbonyl (C=O) groups excluding carboxylic acids is 1. The number of hydrogen-bond acceptors (Lipinski definition) is 2. The van der Waals surface area contributed by atoms with Crippen LogP contribution in [0.1, 0.15) is 15.9 Å². The molecule has 5 heteroatoms. The summed E-state index contributed by atoms with van der Waals surface area (Å²) < 4.78 is 13.6. The molecule has 0 bridgehead atoms. The molecule has 1 amide bonds. The minimum Gasteiger partial charge on any atom is -0.399 e. The molecule has 3 nitrogen and oxygen atoms in total. The quantitative estimate of drug-likeness (QED) is 0.824. The predicted octanol–water partition coefficient (Wildman–Crippen LogP) is 3.62. The Balaban J connectivity index is 2.25. The Bertz CT molecular complexity index is 643. The molecule has 2 aromatic carbocycles. The molecular formula is C14H12ClFN2O. The van der Waals surface area contributed by atoms with Gasteiger partial charge >= 0.3 is 0 Å². The van der Waals surface area contributed by atoms with E-state index in [-0.39, 0.29) is 5.69 Å². The molecule has 0 radical (unpaired) electrons. The second kappa shape index (κ2) is 5.28. The minimum absolute atomic E-state index is 0.0913. The summed E-state index contributed by atoms with van der Waals surface area (Å²) in [7, 11) is 0. The molecule has 98 valence electrons. The van der Waals surface area contributed by atoms with E-state index in [1.54, 1.807) is 25.1 Å². The number of amides is 1. The molecule has 2 aromatic rings. The third-order valence-corrected chi connectivity index (χ3v) is 2.91. The molecule has 0 aromatic heterocycles. The third kappa shape index (κ3) is 3.03. The number of aryl methyl sites for hydroxylation is 1. The Labute approximate surface area is 115 Å². The molecule has 0 aliphatic carbocycles. The maximum atomic E-state index is 13.6. The van der Waals surface area contributed by atoms with Crippen molar-refractivity contribution in [1.29, 1.82) is 0 Å². The highest BCUT2D eigenvalue weighted by atomic mass is 35.5. The fraction of sp³-hybridized carbons (Fsp3) is 0.0714. The Kier molecular flexibility index (Phi) is 3.71. The largest absolute Gasteiger partial charge is 0.399 e. The molecule has 0 fully saturated rings. The lowest BCUT2D eigenvalue weighted by Gasteiger charge is -2.09. The van der Waals surface area contributed by atoms with Gasteiger partial charge in [-0.2, -0.15) is 0 Å². The fourth-order valence-electron chi connectivity index (χ4n) is 1.70. The number of rotatable bonds is 2. The van der Waals surface area contributed by atoms with Crippen LogP contribution in [0, 0.1) is 12.7 Å². The zero-order valence-corrected chi connectivity index (χ0v) is 11.0. The number of nitrogens with one attached hydrogen (secondary N) is 1. The van der Waals surface area contributed by atoms with E-state index < -0.39 is 11.7 Å². The Morgan fingerprint density at radius 3 is 2.63 bits per heavy atom. The zero-order chi connectivity index (χ0) is 14.0. The van der Waals surface area contributed by atoms with Crippen molar-refractivity contribution < 1.29 is 9.18 Å². The van der Waals surface area contributed by atoms with Gasteiger partial charge in [-0.1, -0.05) is 11.6 Å². The van der Waals surface area contributed by atoms with Gasteiger partial charge in [-0.15, -0.1) is 0 Å². The average molecular weight is 279 g/mol. The minimum atomic E-state index is -0.569. The topological polar surface area (TPSA) is 55.1 Å². The van der Waals surface area contributed by atoms with Crippen LogP contribution in [0.25, 0.3) is 0 Å². The van der Waals surface area contributed by atoms with Crippen molar-refractivity contribution in [3.63, 3.8) is 0 Å². The standard InChI is InChI=1S/C14H12ClFN2O/c1-8-6-9(15)2-4-11(8)14(19)18-13-5-3-10(17)7-12(13)16/h2-7H,17H2,1H3,(H,18,19). The maximum absolute atomic E-state index is 13.6. The first kappa shape index (κ1) is 13.4. The number of anilines is 2. The number of halogens is 2. The van der Waals surface area contributed by atoms with E-state index in [4.69, 9.17) is 17.3 Å². The van der Waals surface area contributed by atoms with E-state index in [1.807, 2.05) is 0 Å². The van der Waals surface area contributed by atoms with Crippen LogP contribution >= 0.6 is 11.6 Å². The van der Waals surface area contributed by atoms with Crippen LogP contribution < -0.4 is 11.1 Å². The fourth-order valence-corrected chi connectivity index (χ4v) is 1.93. The lowest BCUT2D eigenvalue weighted by atomic mass is 10.1. The normalized spacial score (nSPS) is 10.3. The van der Waals surface area contributed by atoms with E-state index in [9.17, 15) is 9.18 Å². The van der Waals surface area contributed by atoms with Gasteiger partial charge in [-0.3, -0.25) is 4.79 Å². The van der Waals surface area contributed by atoms with Crippen molar-refractivity contribution in [3.05, 3.63) is 58.4 Å². The van der Waals surface area contributed by atoms with Crippen LogP contribution in [-0.2, 0) is 0 Å². The predicted molar refractivity (Wildman–Crippen MR) is 75.0 cm³/mol. The van der Waals surface area contributed by atoms with Gasteiger partial charge in [0.15, 0.2) is 0 Å². The summed E-state index contributed by atoms with van der Waals surface area (Å²) in [6.45, 7) is 1.76. The van der Waals surface area contributed by atoms with Gasteiger partial charge in [0.05, 0.1) is 5.69 Å². The van der Waals surface area contributed by atoms with E-state index in [0.29, 0.717) is 16.3 Å². The van der Waals surface area contributed by atoms with Crippen LogP contribution in [0.4, 0.5) is 15.8 Å². The van der Waals surface area contributed by atoms with E-state index in [0.717, 1.165) is 11.6 Å². The number of benzene rings is 2. The number of carbonyl (C=O) groups is 1. The Morgan fingerprint density at radius 2 is 2.00 bits per heavy atom. The zero-order valence-electron chi connectivity index (χ0n) is 10.2. The van der Waals surface area contributed by atoms with Crippen molar-refractivity contribution in [2.45, 2.75) is 6.92 Å². The smallest absolute Gasteiger partial charge is 0.256 e. The highest BCUT2D eigenvalue weighted by Gasteiger charge is 2.12. The number of hydrogen-bond donors (Lipinski definition) is 2. The molecule has 3 N–H and O–H groups in total. The number of nitrogens with two attached hydrogens (primary N) is 1. The van der Waals surface area contributed by atoms with Gasteiger partial charge in [0.1, 0.15) is 5.82 Å². The lowest BCUT2D eigenvalue weighted by Crippen LogP contribution is -2.14. The first-order chi connectivity index (χ1) is 8.97. The van der Waals surface area contributed by atoms with Crippen molar-refractivity contribution in [2.24, 2.45) is 0 Å². The molecule has 0 spiro atoms. The maximum Gasteiger partial charge on any atom is 0.256 e. The highest BCUT2D eigenvalue weighted by Crippen LogP contribution is 2.20. The third-order valence-electron chi connectivity index (χ3n) is 2.67. The van der Waals surface area contributed by atoms with Gasteiger partial charge in [0, 0.05) is 16.3 Å². The molecule has 0 aliphatic heterocycles.